The van der Waals surface area contributed by atoms with Crippen LogP contribution >= 0.6 is 0 Å². The van der Waals surface area contributed by atoms with Crippen molar-refractivity contribution in [3.05, 3.63) is 95.8 Å². The van der Waals surface area contributed by atoms with Gasteiger partial charge in [-0.25, -0.2) is 5.01 Å². The van der Waals surface area contributed by atoms with Crippen molar-refractivity contribution in [2.24, 2.45) is 5.10 Å². The molecular formula is C31H30N4O3. The number of nitrogens with zero attached hydrogens (tertiary/aromatic N) is 4. The van der Waals surface area contributed by atoms with Crippen molar-refractivity contribution in [2.45, 2.75) is 51.5 Å². The lowest BCUT2D eigenvalue weighted by molar-refractivity contribution is -0.141. The van der Waals surface area contributed by atoms with Crippen molar-refractivity contribution in [1.29, 1.82) is 0 Å². The number of hydrogen-bond acceptors (Lipinski definition) is 5. The van der Waals surface area contributed by atoms with Crippen LogP contribution < -0.4 is 0 Å². The second-order valence-corrected chi connectivity index (χ2v) is 10.6. The molecule has 0 saturated heterocycles. The molecule has 7 nitrogen and oxygen atoms in total. The number of carboxylic acid groups (broad SMARTS) is 1. The highest BCUT2D eigenvalue weighted by molar-refractivity contribution is 6.03. The molecule has 0 spiro atoms. The predicted octanol–water partition coefficient (Wildman–Crippen LogP) is 6.14. The second-order valence-electron chi connectivity index (χ2n) is 10.6. The summed E-state index contributed by atoms with van der Waals surface area (Å²) in [6.45, 7) is 6.61. The topological polar surface area (TPSA) is 95.8 Å². The number of carboxylic acids is 1. The van der Waals surface area contributed by atoms with Gasteiger partial charge in [0, 0.05) is 25.2 Å². The first-order valence-electron chi connectivity index (χ1n) is 12.7. The van der Waals surface area contributed by atoms with Gasteiger partial charge in [-0.15, -0.1) is 0 Å². The summed E-state index contributed by atoms with van der Waals surface area (Å²) >= 11 is 0. The summed E-state index contributed by atoms with van der Waals surface area (Å²) in [5.74, 6) is -1.33. The third-order valence-corrected chi connectivity index (χ3v) is 6.90. The number of carbonyl (C=O) groups excluding carboxylic acids is 1. The van der Waals surface area contributed by atoms with Crippen LogP contribution in [0.2, 0.25) is 0 Å². The Morgan fingerprint density at radius 3 is 2.08 bits per heavy atom. The third kappa shape index (κ3) is 5.32. The van der Waals surface area contributed by atoms with E-state index in [2.05, 4.69) is 72.2 Å². The molecule has 2 heterocycles. The molecule has 0 saturated carbocycles. The van der Waals surface area contributed by atoms with Crippen molar-refractivity contribution in [3.8, 4) is 11.1 Å². The molecule has 38 heavy (non-hydrogen) atoms. The molecular weight excluding hydrogens is 476 g/mol. The molecule has 5 rings (SSSR count). The minimum atomic E-state index is -1.01. The Bertz CT molecular complexity index is 1520. The summed E-state index contributed by atoms with van der Waals surface area (Å²) in [6, 6.07) is 22.2. The largest absolute Gasteiger partial charge is 0.481 e. The SMILES string of the molecule is CC(C)(C)c1ccc(-c2ccc(C3=NN(C(=O)CCC(=O)O)C(c4ccc5nccnc5c4)C3)cc2)cc1. The Kier molecular flexibility index (Phi) is 6.76. The van der Waals surface area contributed by atoms with E-state index in [1.165, 1.54) is 10.6 Å². The van der Waals surface area contributed by atoms with Crippen molar-refractivity contribution in [3.63, 3.8) is 0 Å². The lowest BCUT2D eigenvalue weighted by Gasteiger charge is -2.22. The van der Waals surface area contributed by atoms with E-state index in [0.717, 1.165) is 39.0 Å². The molecule has 3 aromatic carbocycles. The van der Waals surface area contributed by atoms with Gasteiger partial charge in [-0.05, 0) is 45.4 Å². The van der Waals surface area contributed by atoms with Crippen molar-refractivity contribution >= 4 is 28.6 Å². The van der Waals surface area contributed by atoms with Gasteiger partial charge in [-0.1, -0.05) is 75.4 Å². The van der Waals surface area contributed by atoms with Gasteiger partial charge in [0.2, 0.25) is 5.91 Å². The molecule has 192 valence electrons. The number of aromatic nitrogens is 2. The average molecular weight is 507 g/mol. The minimum Gasteiger partial charge on any atom is -0.481 e. The van der Waals surface area contributed by atoms with E-state index in [1.54, 1.807) is 12.4 Å². The Labute approximate surface area is 221 Å². The normalized spacial score (nSPS) is 15.5. The Morgan fingerprint density at radius 1 is 0.842 bits per heavy atom. The van der Waals surface area contributed by atoms with Crippen molar-refractivity contribution in [1.82, 2.24) is 15.0 Å². The van der Waals surface area contributed by atoms with E-state index in [9.17, 15) is 9.59 Å². The molecule has 1 unspecified atom stereocenters. The fourth-order valence-corrected chi connectivity index (χ4v) is 4.71. The minimum absolute atomic E-state index is 0.102. The van der Waals surface area contributed by atoms with Gasteiger partial charge >= 0.3 is 5.97 Å². The van der Waals surface area contributed by atoms with Gasteiger partial charge in [-0.3, -0.25) is 19.6 Å². The van der Waals surface area contributed by atoms with E-state index in [0.29, 0.717) is 6.42 Å². The maximum Gasteiger partial charge on any atom is 0.303 e. The van der Waals surface area contributed by atoms with Gasteiger partial charge in [0.15, 0.2) is 0 Å². The average Bonchev–Trinajstić information content (AvgIpc) is 3.37. The number of fused-ring (bicyclic) bond motifs is 1. The van der Waals surface area contributed by atoms with Crippen LogP contribution in [-0.2, 0) is 15.0 Å². The number of aliphatic carboxylic acids is 1. The van der Waals surface area contributed by atoms with E-state index < -0.39 is 5.97 Å². The lowest BCUT2D eigenvalue weighted by atomic mass is 9.86. The number of rotatable bonds is 6. The zero-order valence-electron chi connectivity index (χ0n) is 21.8. The number of hydrazone groups is 1. The van der Waals surface area contributed by atoms with Gasteiger partial charge in [0.25, 0.3) is 0 Å². The Morgan fingerprint density at radius 2 is 1.45 bits per heavy atom. The van der Waals surface area contributed by atoms with Gasteiger partial charge in [0.1, 0.15) is 0 Å². The molecule has 0 radical (unpaired) electrons. The Balaban J connectivity index is 1.42. The van der Waals surface area contributed by atoms with Gasteiger partial charge in [-0.2, -0.15) is 5.10 Å². The molecule has 0 fully saturated rings. The van der Waals surface area contributed by atoms with Crippen LogP contribution in [0.25, 0.3) is 22.2 Å². The molecule has 0 bridgehead atoms. The van der Waals surface area contributed by atoms with Crippen molar-refractivity contribution < 1.29 is 14.7 Å². The quantitative estimate of drug-likeness (QED) is 0.339. The highest BCUT2D eigenvalue weighted by atomic mass is 16.4. The highest BCUT2D eigenvalue weighted by Gasteiger charge is 2.33. The zero-order valence-corrected chi connectivity index (χ0v) is 21.8. The van der Waals surface area contributed by atoms with Crippen LogP contribution in [0, 0.1) is 0 Å². The first kappa shape index (κ1) is 25.3. The molecule has 1 aliphatic heterocycles. The standard InChI is InChI=1S/C31H30N4O3/c1-31(2,3)24-11-8-21(9-12-24)20-4-6-22(7-5-20)26-19-28(35(34-26)29(36)14-15-30(37)38)23-10-13-25-27(18-23)33-17-16-32-25/h4-13,16-18,28H,14-15,19H2,1-3H3,(H,37,38). The van der Waals surface area contributed by atoms with Crippen LogP contribution in [0.1, 0.15) is 62.8 Å². The Hall–Kier alpha value is -4.39. The fraction of sp³-hybridized carbons (Fsp3) is 0.258. The molecule has 4 aromatic rings. The highest BCUT2D eigenvalue weighted by Crippen LogP contribution is 2.35. The summed E-state index contributed by atoms with van der Waals surface area (Å²) in [5, 5.41) is 15.2. The number of amides is 1. The maximum atomic E-state index is 13.0. The lowest BCUT2D eigenvalue weighted by Crippen LogP contribution is -2.27. The van der Waals surface area contributed by atoms with Crippen LogP contribution in [0.4, 0.5) is 0 Å². The molecule has 1 atom stereocenters. The zero-order chi connectivity index (χ0) is 26.9. The summed E-state index contributed by atoms with van der Waals surface area (Å²) in [5.41, 5.74) is 7.73. The summed E-state index contributed by atoms with van der Waals surface area (Å²) in [4.78, 5) is 32.9. The predicted molar refractivity (Wildman–Crippen MR) is 148 cm³/mol. The van der Waals surface area contributed by atoms with Crippen LogP contribution in [0.15, 0.2) is 84.2 Å². The summed E-state index contributed by atoms with van der Waals surface area (Å²) in [6.07, 6.45) is 3.45. The number of hydrogen-bond donors (Lipinski definition) is 1. The maximum absolute atomic E-state index is 13.0. The molecule has 0 aliphatic carbocycles. The van der Waals surface area contributed by atoms with E-state index in [4.69, 9.17) is 5.11 Å². The van der Waals surface area contributed by atoms with Crippen LogP contribution in [0.3, 0.4) is 0 Å². The number of carbonyl (C=O) groups is 2. The van der Waals surface area contributed by atoms with E-state index >= 15 is 0 Å². The second kappa shape index (κ2) is 10.2. The molecule has 1 aliphatic rings. The van der Waals surface area contributed by atoms with Gasteiger partial charge in [0.05, 0.1) is 29.2 Å². The molecule has 1 aromatic heterocycles. The van der Waals surface area contributed by atoms with Crippen LogP contribution in [0.5, 0.6) is 0 Å². The first-order valence-corrected chi connectivity index (χ1v) is 12.7. The monoisotopic (exact) mass is 506 g/mol. The fourth-order valence-electron chi connectivity index (χ4n) is 4.71. The third-order valence-electron chi connectivity index (χ3n) is 6.90. The number of benzene rings is 3. The molecule has 1 N–H and O–H groups in total. The van der Waals surface area contributed by atoms with Gasteiger partial charge < -0.3 is 5.11 Å². The van der Waals surface area contributed by atoms with E-state index in [1.807, 2.05) is 30.3 Å². The summed E-state index contributed by atoms with van der Waals surface area (Å²) < 4.78 is 0. The van der Waals surface area contributed by atoms with Crippen molar-refractivity contribution in [2.75, 3.05) is 0 Å². The first-order chi connectivity index (χ1) is 18.2. The van der Waals surface area contributed by atoms with E-state index in [-0.39, 0.29) is 30.2 Å². The summed E-state index contributed by atoms with van der Waals surface area (Å²) in [7, 11) is 0. The molecule has 1 amide bonds. The molecule has 7 heteroatoms. The smallest absolute Gasteiger partial charge is 0.303 e. The van der Waals surface area contributed by atoms with Crippen LogP contribution in [-0.4, -0.2) is 37.7 Å².